The Hall–Kier alpha value is -2.82. The van der Waals surface area contributed by atoms with Crippen molar-refractivity contribution < 1.29 is 10.0 Å². The maximum absolute atomic E-state index is 8.76. The van der Waals surface area contributed by atoms with Gasteiger partial charge in [-0.3, -0.25) is 15.1 Å². The van der Waals surface area contributed by atoms with Gasteiger partial charge in [0.25, 0.3) is 0 Å². The Morgan fingerprint density at radius 3 is 2.83 bits per heavy atom. The van der Waals surface area contributed by atoms with Gasteiger partial charge in [-0.15, -0.1) is 0 Å². The first kappa shape index (κ1) is 22.6. The highest BCUT2D eigenvalue weighted by molar-refractivity contribution is 5.62. The van der Waals surface area contributed by atoms with Gasteiger partial charge in [0, 0.05) is 55.4 Å². The van der Waals surface area contributed by atoms with Crippen LogP contribution in [-0.4, -0.2) is 52.9 Å². The van der Waals surface area contributed by atoms with Crippen molar-refractivity contribution in [1.82, 2.24) is 26.3 Å². The second-order valence-electron chi connectivity index (χ2n) is 10.3. The highest BCUT2D eigenvalue weighted by Crippen LogP contribution is 2.48. The molecule has 0 aromatic heterocycles. The molecule has 5 aliphatic rings. The van der Waals surface area contributed by atoms with E-state index in [0.717, 1.165) is 48.6 Å². The number of hydrogen-bond donors (Lipinski definition) is 6. The highest BCUT2D eigenvalue weighted by atomic mass is 16.8. The number of benzene rings is 1. The Labute approximate surface area is 206 Å². The summed E-state index contributed by atoms with van der Waals surface area (Å²) < 4.78 is 0. The van der Waals surface area contributed by atoms with Crippen molar-refractivity contribution in [2.45, 2.75) is 44.5 Å². The van der Waals surface area contributed by atoms with Crippen molar-refractivity contribution in [2.75, 3.05) is 25.0 Å². The van der Waals surface area contributed by atoms with E-state index in [1.54, 1.807) is 0 Å². The summed E-state index contributed by atoms with van der Waals surface area (Å²) in [7, 11) is 0. The van der Waals surface area contributed by atoms with Gasteiger partial charge in [-0.1, -0.05) is 29.9 Å². The van der Waals surface area contributed by atoms with E-state index in [2.05, 4.69) is 82.3 Å². The molecular formula is C26H35N7O2. The van der Waals surface area contributed by atoms with E-state index < -0.39 is 0 Å². The van der Waals surface area contributed by atoms with Crippen molar-refractivity contribution in [3.05, 3.63) is 76.9 Å². The Morgan fingerprint density at radius 1 is 1.26 bits per heavy atom. The Morgan fingerprint density at radius 2 is 2.09 bits per heavy atom. The molecule has 1 aromatic rings. The topological polar surface area (TPSA) is 110 Å². The van der Waals surface area contributed by atoms with Crippen LogP contribution in [0.15, 0.2) is 65.8 Å². The molecule has 2 fully saturated rings. The lowest BCUT2D eigenvalue weighted by atomic mass is 9.92. The summed E-state index contributed by atoms with van der Waals surface area (Å²) >= 11 is 0. The van der Waals surface area contributed by atoms with Gasteiger partial charge in [0.1, 0.15) is 0 Å². The number of allylic oxidation sites excluding steroid dienone is 2. The Kier molecular flexibility index (Phi) is 5.82. The summed E-state index contributed by atoms with van der Waals surface area (Å²) in [6.07, 6.45) is 11.8. The third-order valence-corrected chi connectivity index (χ3v) is 7.91. The van der Waals surface area contributed by atoms with E-state index in [1.165, 1.54) is 11.4 Å². The van der Waals surface area contributed by atoms with Crippen LogP contribution >= 0.6 is 0 Å². The number of nitrogens with one attached hydrogen (secondary N) is 4. The largest absolute Gasteiger partial charge is 0.380 e. The summed E-state index contributed by atoms with van der Waals surface area (Å²) in [4.78, 5) is 7.55. The first-order valence-corrected chi connectivity index (χ1v) is 12.5. The summed E-state index contributed by atoms with van der Waals surface area (Å²) in [6, 6.07) is 6.71. The molecule has 1 aromatic carbocycles. The number of para-hydroxylation sites is 1. The minimum absolute atomic E-state index is 0.138. The fourth-order valence-electron chi connectivity index (χ4n) is 5.99. The van der Waals surface area contributed by atoms with Gasteiger partial charge in [0.15, 0.2) is 0 Å². The monoisotopic (exact) mass is 477 g/mol. The molecule has 0 amide bonds. The molecule has 4 heterocycles. The van der Waals surface area contributed by atoms with Crippen molar-refractivity contribution in [1.29, 1.82) is 0 Å². The van der Waals surface area contributed by atoms with Crippen LogP contribution in [0, 0.1) is 18.8 Å². The minimum Gasteiger partial charge on any atom is -0.380 e. The summed E-state index contributed by atoms with van der Waals surface area (Å²) in [6.45, 7) is 7.07. The molecule has 186 valence electrons. The predicted molar refractivity (Wildman–Crippen MR) is 134 cm³/mol. The van der Waals surface area contributed by atoms with E-state index in [4.69, 9.17) is 15.8 Å². The van der Waals surface area contributed by atoms with Gasteiger partial charge >= 0.3 is 0 Å². The quantitative estimate of drug-likeness (QED) is 0.329. The van der Waals surface area contributed by atoms with Crippen LogP contribution < -0.4 is 27.4 Å². The number of anilines is 1. The van der Waals surface area contributed by atoms with Crippen molar-refractivity contribution in [3.8, 4) is 0 Å². The number of rotatable bonds is 7. The lowest BCUT2D eigenvalue weighted by Gasteiger charge is -2.33. The molecule has 5 atom stereocenters. The fraction of sp³-hybridized carbons (Fsp3) is 0.462. The van der Waals surface area contributed by atoms with Crippen LogP contribution in [0.1, 0.15) is 30.5 Å². The number of nitrogens with two attached hydrogens (primary N) is 1. The van der Waals surface area contributed by atoms with Gasteiger partial charge in [0.05, 0.1) is 23.7 Å². The van der Waals surface area contributed by atoms with Crippen LogP contribution in [0.3, 0.4) is 0 Å². The molecule has 1 aliphatic carbocycles. The van der Waals surface area contributed by atoms with Gasteiger partial charge in [0.2, 0.25) is 0 Å². The molecule has 0 radical (unpaired) electrons. The molecule has 35 heavy (non-hydrogen) atoms. The van der Waals surface area contributed by atoms with Gasteiger partial charge in [-0.2, -0.15) is 0 Å². The van der Waals surface area contributed by atoms with E-state index in [9.17, 15) is 0 Å². The van der Waals surface area contributed by atoms with Gasteiger partial charge < -0.3 is 21.3 Å². The molecule has 4 aliphatic heterocycles. The Balaban J connectivity index is 1.14. The number of fused-ring (bicyclic) bond motifs is 2. The standard InChI is InChI=1S/C26H35N7O2/c1-15-5-3-6-19(24(27)18-7-4-10-33-22(18)11-16(2)30-33)25(15)29-17-8-9-23(28-12-17)32-13-20-21(14-32)26(20)35-31-34/h3-7,9-11,16-17,20-21,24,26,28-31,34H,8,12-14,27H2,1-2H3. The zero-order valence-electron chi connectivity index (χ0n) is 20.2. The summed E-state index contributed by atoms with van der Waals surface area (Å²) in [5.41, 5.74) is 17.9. The molecule has 9 nitrogen and oxygen atoms in total. The summed E-state index contributed by atoms with van der Waals surface area (Å²) in [5, 5.41) is 18.3. The first-order chi connectivity index (χ1) is 17.0. The van der Waals surface area contributed by atoms with Gasteiger partial charge in [-0.25, -0.2) is 5.43 Å². The number of aryl methyl sites for hydroxylation is 1. The van der Waals surface area contributed by atoms with E-state index >= 15 is 0 Å². The van der Waals surface area contributed by atoms with Crippen LogP contribution in [0.25, 0.3) is 0 Å². The number of hydrazine groups is 1. The average Bonchev–Trinajstić information content (AvgIpc) is 3.18. The molecule has 5 unspecified atom stereocenters. The van der Waals surface area contributed by atoms with Crippen LogP contribution in [0.5, 0.6) is 0 Å². The molecule has 6 rings (SSSR count). The number of piperidine rings is 1. The fourth-order valence-corrected chi connectivity index (χ4v) is 5.99. The summed E-state index contributed by atoms with van der Waals surface area (Å²) in [5.74, 6) is 2.20. The third-order valence-electron chi connectivity index (χ3n) is 7.91. The van der Waals surface area contributed by atoms with E-state index in [1.807, 2.05) is 11.8 Å². The van der Waals surface area contributed by atoms with Gasteiger partial charge in [-0.05, 0) is 55.2 Å². The molecule has 0 bridgehead atoms. The van der Waals surface area contributed by atoms with Crippen molar-refractivity contribution >= 4 is 5.69 Å². The normalized spacial score (nSPS) is 31.8. The predicted octanol–water partition coefficient (Wildman–Crippen LogP) is 2.00. The van der Waals surface area contributed by atoms with E-state index in [0.29, 0.717) is 11.8 Å². The molecule has 1 saturated carbocycles. The molecule has 9 heteroatoms. The lowest BCUT2D eigenvalue weighted by molar-refractivity contribution is -0.145. The van der Waals surface area contributed by atoms with Crippen LogP contribution in [0.2, 0.25) is 0 Å². The average molecular weight is 478 g/mol. The molecular weight excluding hydrogens is 442 g/mol. The van der Waals surface area contributed by atoms with Crippen molar-refractivity contribution in [2.24, 2.45) is 17.6 Å². The first-order valence-electron chi connectivity index (χ1n) is 12.5. The zero-order chi connectivity index (χ0) is 24.1. The molecule has 7 N–H and O–H groups in total. The second-order valence-corrected chi connectivity index (χ2v) is 10.3. The SMILES string of the molecule is Cc1cccc(C(N)C2=CC=CN3NC(C)C=C23)c1NC1CC=C(N2CC3C(C2)C3ONO)NC1. The van der Waals surface area contributed by atoms with E-state index in [-0.39, 0.29) is 24.2 Å². The molecule has 1 saturated heterocycles. The third kappa shape index (κ3) is 4.13. The number of likely N-dealkylation sites (tertiary alicyclic amines) is 1. The van der Waals surface area contributed by atoms with Crippen LogP contribution in [-0.2, 0) is 4.84 Å². The number of hydrogen-bond acceptors (Lipinski definition) is 9. The highest BCUT2D eigenvalue weighted by Gasteiger charge is 2.58. The lowest BCUT2D eigenvalue weighted by Crippen LogP contribution is -2.42. The minimum atomic E-state index is -0.231. The maximum Gasteiger partial charge on any atom is 0.0973 e. The van der Waals surface area contributed by atoms with Crippen molar-refractivity contribution in [3.63, 3.8) is 0 Å². The second kappa shape index (κ2) is 9.00. The Bertz CT molecular complexity index is 1100. The zero-order valence-corrected chi connectivity index (χ0v) is 20.2. The maximum atomic E-state index is 8.76. The smallest absolute Gasteiger partial charge is 0.0973 e. The van der Waals surface area contributed by atoms with Crippen LogP contribution in [0.4, 0.5) is 5.69 Å². The number of nitrogens with zero attached hydrogens (tertiary/aromatic N) is 2. The molecule has 0 spiro atoms.